The standard InChI is InChI=1S/C13H22O5/c1-7(8(2)14)12(3)6-5-9(15)10(16)11(12)13(4,17)18/h7-8,11,14,17-18H,5-6H2,1-4H3. The summed E-state index contributed by atoms with van der Waals surface area (Å²) in [5, 5.41) is 29.3. The van der Waals surface area contributed by atoms with Crippen molar-refractivity contribution in [2.45, 2.75) is 52.4 Å². The highest BCUT2D eigenvalue weighted by Crippen LogP contribution is 2.48. The van der Waals surface area contributed by atoms with E-state index < -0.39 is 34.8 Å². The number of carbonyl (C=O) groups excluding carboxylic acids is 2. The molecular formula is C13H22O5. The van der Waals surface area contributed by atoms with Gasteiger partial charge in [-0.05, 0) is 31.6 Å². The Morgan fingerprint density at radius 1 is 1.33 bits per heavy atom. The van der Waals surface area contributed by atoms with Crippen molar-refractivity contribution in [3.63, 3.8) is 0 Å². The maximum atomic E-state index is 12.0. The first-order chi connectivity index (χ1) is 8.01. The number of hydrogen-bond donors (Lipinski definition) is 3. The molecule has 1 rings (SSSR count). The summed E-state index contributed by atoms with van der Waals surface area (Å²) in [6.45, 7) is 6.19. The molecule has 4 atom stereocenters. The van der Waals surface area contributed by atoms with E-state index in [0.717, 1.165) is 6.92 Å². The lowest BCUT2D eigenvalue weighted by Crippen LogP contribution is -2.57. The van der Waals surface area contributed by atoms with Crippen molar-refractivity contribution >= 4 is 11.6 Å². The van der Waals surface area contributed by atoms with Gasteiger partial charge in [-0.25, -0.2) is 0 Å². The van der Waals surface area contributed by atoms with Gasteiger partial charge in [-0.15, -0.1) is 0 Å². The van der Waals surface area contributed by atoms with Crippen LogP contribution in [0.15, 0.2) is 0 Å². The molecule has 5 nitrogen and oxygen atoms in total. The number of hydrogen-bond acceptors (Lipinski definition) is 5. The summed E-state index contributed by atoms with van der Waals surface area (Å²) in [5.74, 6) is -5.09. The Bertz CT molecular complexity index is 355. The van der Waals surface area contributed by atoms with E-state index >= 15 is 0 Å². The van der Waals surface area contributed by atoms with Gasteiger partial charge in [0.2, 0.25) is 5.78 Å². The molecule has 0 amide bonds. The maximum Gasteiger partial charge on any atom is 0.207 e. The van der Waals surface area contributed by atoms with Crippen molar-refractivity contribution in [2.24, 2.45) is 17.3 Å². The smallest absolute Gasteiger partial charge is 0.207 e. The van der Waals surface area contributed by atoms with E-state index in [1.165, 1.54) is 0 Å². The van der Waals surface area contributed by atoms with Crippen LogP contribution in [0.3, 0.4) is 0 Å². The number of rotatable bonds is 3. The zero-order valence-electron chi connectivity index (χ0n) is 11.3. The first-order valence-corrected chi connectivity index (χ1v) is 6.21. The predicted octanol–water partition coefficient (Wildman–Crippen LogP) is 0.259. The highest BCUT2D eigenvalue weighted by Gasteiger charge is 2.56. The van der Waals surface area contributed by atoms with E-state index in [2.05, 4.69) is 0 Å². The van der Waals surface area contributed by atoms with Crippen LogP contribution in [0, 0.1) is 17.3 Å². The van der Waals surface area contributed by atoms with Crippen LogP contribution in [0.5, 0.6) is 0 Å². The highest BCUT2D eigenvalue weighted by atomic mass is 16.5. The summed E-state index contributed by atoms with van der Waals surface area (Å²) in [6, 6.07) is 0. The summed E-state index contributed by atoms with van der Waals surface area (Å²) in [4.78, 5) is 23.5. The molecule has 0 heterocycles. The Labute approximate surface area is 107 Å². The van der Waals surface area contributed by atoms with Crippen LogP contribution in [0.1, 0.15) is 40.5 Å². The second-order valence-corrected chi connectivity index (χ2v) is 5.85. The molecule has 3 N–H and O–H groups in total. The van der Waals surface area contributed by atoms with Crippen molar-refractivity contribution in [3.05, 3.63) is 0 Å². The average molecular weight is 258 g/mol. The fourth-order valence-electron chi connectivity index (χ4n) is 3.03. The van der Waals surface area contributed by atoms with Crippen molar-refractivity contribution in [3.8, 4) is 0 Å². The third kappa shape index (κ3) is 2.48. The molecular weight excluding hydrogens is 236 g/mol. The topological polar surface area (TPSA) is 94.8 Å². The van der Waals surface area contributed by atoms with Gasteiger partial charge in [0.05, 0.1) is 12.0 Å². The van der Waals surface area contributed by atoms with Crippen molar-refractivity contribution in [1.29, 1.82) is 0 Å². The average Bonchev–Trinajstić information content (AvgIpc) is 2.21. The van der Waals surface area contributed by atoms with Crippen molar-refractivity contribution in [1.82, 2.24) is 0 Å². The van der Waals surface area contributed by atoms with Gasteiger partial charge >= 0.3 is 0 Å². The number of Topliss-reactive ketones (excluding diaryl/α,β-unsaturated/α-hetero) is 2. The van der Waals surface area contributed by atoms with Gasteiger partial charge in [-0.2, -0.15) is 0 Å². The molecule has 0 radical (unpaired) electrons. The van der Waals surface area contributed by atoms with Crippen LogP contribution < -0.4 is 0 Å². The molecule has 0 aromatic rings. The fraction of sp³-hybridized carbons (Fsp3) is 0.846. The van der Waals surface area contributed by atoms with Crippen molar-refractivity contribution < 1.29 is 24.9 Å². The third-order valence-electron chi connectivity index (χ3n) is 4.40. The summed E-state index contributed by atoms with van der Waals surface area (Å²) < 4.78 is 0. The van der Waals surface area contributed by atoms with E-state index in [0.29, 0.717) is 6.42 Å². The quantitative estimate of drug-likeness (QED) is 0.498. The van der Waals surface area contributed by atoms with E-state index in [1.807, 2.05) is 0 Å². The summed E-state index contributed by atoms with van der Waals surface area (Å²) in [6.07, 6.45) is -0.231. The molecule has 4 unspecified atom stereocenters. The number of aliphatic hydroxyl groups excluding tert-OH is 1. The van der Waals surface area contributed by atoms with Crippen LogP contribution in [0.4, 0.5) is 0 Å². The molecule has 1 aliphatic rings. The molecule has 1 fully saturated rings. The number of aliphatic hydroxyl groups is 3. The molecule has 0 aromatic carbocycles. The minimum atomic E-state index is -2.26. The monoisotopic (exact) mass is 258 g/mol. The van der Waals surface area contributed by atoms with Crippen LogP contribution in [-0.2, 0) is 9.59 Å². The predicted molar refractivity (Wildman–Crippen MR) is 64.5 cm³/mol. The molecule has 0 saturated heterocycles. The van der Waals surface area contributed by atoms with E-state index in [9.17, 15) is 24.9 Å². The lowest BCUT2D eigenvalue weighted by atomic mass is 9.57. The van der Waals surface area contributed by atoms with E-state index in [-0.39, 0.29) is 12.3 Å². The SMILES string of the molecule is CC(O)C(C)C1(C)CCC(=O)C(=O)C1C(C)(O)O. The molecule has 5 heteroatoms. The molecule has 0 spiro atoms. The zero-order valence-corrected chi connectivity index (χ0v) is 11.3. The molecule has 1 saturated carbocycles. The van der Waals surface area contributed by atoms with Gasteiger partial charge in [0.15, 0.2) is 11.6 Å². The fourth-order valence-corrected chi connectivity index (χ4v) is 3.03. The third-order valence-corrected chi connectivity index (χ3v) is 4.40. The highest BCUT2D eigenvalue weighted by molar-refractivity contribution is 6.38. The molecule has 18 heavy (non-hydrogen) atoms. The molecule has 0 aromatic heterocycles. The molecule has 0 aliphatic heterocycles. The van der Waals surface area contributed by atoms with Gasteiger partial charge in [0, 0.05) is 6.42 Å². The van der Waals surface area contributed by atoms with Crippen LogP contribution in [-0.4, -0.2) is 38.8 Å². The van der Waals surface area contributed by atoms with Gasteiger partial charge in [0.1, 0.15) is 0 Å². The lowest BCUT2D eigenvalue weighted by molar-refractivity contribution is -0.225. The largest absolute Gasteiger partial charge is 0.393 e. The Morgan fingerprint density at radius 2 is 1.83 bits per heavy atom. The second kappa shape index (κ2) is 4.72. The van der Waals surface area contributed by atoms with E-state index in [4.69, 9.17) is 0 Å². The maximum absolute atomic E-state index is 12.0. The molecule has 1 aliphatic carbocycles. The Kier molecular flexibility index (Phi) is 4.00. The van der Waals surface area contributed by atoms with Gasteiger partial charge in [-0.1, -0.05) is 13.8 Å². The molecule has 104 valence electrons. The lowest BCUT2D eigenvalue weighted by Gasteiger charge is -2.48. The minimum Gasteiger partial charge on any atom is -0.393 e. The van der Waals surface area contributed by atoms with Gasteiger partial charge in [0.25, 0.3) is 0 Å². The van der Waals surface area contributed by atoms with Crippen LogP contribution in [0.25, 0.3) is 0 Å². The van der Waals surface area contributed by atoms with Gasteiger partial charge < -0.3 is 15.3 Å². The first kappa shape index (κ1) is 15.3. The van der Waals surface area contributed by atoms with Crippen LogP contribution >= 0.6 is 0 Å². The second-order valence-electron chi connectivity index (χ2n) is 5.85. The Hall–Kier alpha value is -0.780. The number of ketones is 2. The van der Waals surface area contributed by atoms with Crippen LogP contribution in [0.2, 0.25) is 0 Å². The molecule has 0 bridgehead atoms. The minimum absolute atomic E-state index is 0.0962. The Morgan fingerprint density at radius 3 is 2.22 bits per heavy atom. The van der Waals surface area contributed by atoms with Gasteiger partial charge in [-0.3, -0.25) is 9.59 Å². The summed E-state index contributed by atoms with van der Waals surface area (Å²) in [5.41, 5.74) is -0.808. The van der Waals surface area contributed by atoms with E-state index in [1.54, 1.807) is 20.8 Å². The first-order valence-electron chi connectivity index (χ1n) is 6.21. The normalized spacial score (nSPS) is 33.4. The summed E-state index contributed by atoms with van der Waals surface area (Å²) >= 11 is 0. The van der Waals surface area contributed by atoms with Crippen molar-refractivity contribution in [2.75, 3.05) is 0 Å². The Balaban J connectivity index is 3.23. The zero-order chi connectivity index (χ0) is 14.3. The summed E-state index contributed by atoms with van der Waals surface area (Å²) in [7, 11) is 0. The number of carbonyl (C=O) groups is 2.